The van der Waals surface area contributed by atoms with Gasteiger partial charge in [0.05, 0.1) is 0 Å². The van der Waals surface area contributed by atoms with Gasteiger partial charge in [-0.25, -0.2) is 8.42 Å². The van der Waals surface area contributed by atoms with Crippen LogP contribution in [0.5, 0.6) is 0 Å². The minimum absolute atomic E-state index is 0.175. The topological polar surface area (TPSA) is 84.0 Å². The van der Waals surface area contributed by atoms with Crippen LogP contribution in [0, 0.1) is 13.8 Å². The highest BCUT2D eigenvalue weighted by Crippen LogP contribution is 2.21. The van der Waals surface area contributed by atoms with Crippen LogP contribution in [0.2, 0.25) is 0 Å². The van der Waals surface area contributed by atoms with E-state index in [-0.39, 0.29) is 10.0 Å². The van der Waals surface area contributed by atoms with Crippen LogP contribution in [0.25, 0.3) is 0 Å². The summed E-state index contributed by atoms with van der Waals surface area (Å²) in [5.74, 6) is 0.716. The smallest absolute Gasteiger partial charge is 0.272 e. The summed E-state index contributed by atoms with van der Waals surface area (Å²) in [7, 11) is -3.61. The summed E-state index contributed by atoms with van der Waals surface area (Å²) in [6.45, 7) is 4.04. The van der Waals surface area contributed by atoms with E-state index in [1.54, 1.807) is 23.6 Å². The standard InChI is InChI=1S/C16H16N4O2S2/c1-11-8-12(2)10-13(9-11)17-14-5-6-15(19-18-14)20-24(21,22)16-4-3-7-23-16/h3-10H,1-2H3,(H,17,18)(H,19,20). The molecule has 0 bridgehead atoms. The fraction of sp³-hybridized carbons (Fsp3) is 0.125. The largest absolute Gasteiger partial charge is 0.339 e. The van der Waals surface area contributed by atoms with Gasteiger partial charge >= 0.3 is 0 Å². The molecule has 0 atom stereocenters. The van der Waals surface area contributed by atoms with Crippen molar-refractivity contribution in [3.05, 3.63) is 59.0 Å². The van der Waals surface area contributed by atoms with Crippen LogP contribution in [0.4, 0.5) is 17.3 Å². The van der Waals surface area contributed by atoms with Crippen LogP contribution in [0.15, 0.2) is 52.1 Å². The molecule has 24 heavy (non-hydrogen) atoms. The first-order chi connectivity index (χ1) is 11.4. The van der Waals surface area contributed by atoms with Crippen molar-refractivity contribution in [1.82, 2.24) is 10.2 Å². The number of rotatable bonds is 5. The molecule has 2 N–H and O–H groups in total. The van der Waals surface area contributed by atoms with Crippen LogP contribution >= 0.6 is 11.3 Å². The minimum Gasteiger partial charge on any atom is -0.339 e. The quantitative estimate of drug-likeness (QED) is 0.725. The third-order valence-electron chi connectivity index (χ3n) is 3.16. The molecule has 3 rings (SSSR count). The first kappa shape index (κ1) is 16.4. The van der Waals surface area contributed by atoms with Crippen LogP contribution in [0.1, 0.15) is 11.1 Å². The summed E-state index contributed by atoms with van der Waals surface area (Å²) in [4.78, 5) is 0. The van der Waals surface area contributed by atoms with Gasteiger partial charge < -0.3 is 5.32 Å². The molecule has 0 aliphatic rings. The normalized spacial score (nSPS) is 11.2. The zero-order valence-corrected chi connectivity index (χ0v) is 14.8. The summed E-state index contributed by atoms with van der Waals surface area (Å²) >= 11 is 1.15. The van der Waals surface area contributed by atoms with Crippen molar-refractivity contribution in [1.29, 1.82) is 0 Å². The van der Waals surface area contributed by atoms with E-state index in [1.165, 1.54) is 6.07 Å². The molecule has 0 radical (unpaired) electrons. The molecule has 0 spiro atoms. The van der Waals surface area contributed by atoms with E-state index in [9.17, 15) is 8.42 Å². The maximum absolute atomic E-state index is 12.1. The third kappa shape index (κ3) is 3.90. The summed E-state index contributed by atoms with van der Waals surface area (Å²) in [6, 6.07) is 12.6. The Kier molecular flexibility index (Phi) is 4.50. The first-order valence-corrected chi connectivity index (χ1v) is 9.54. The van der Waals surface area contributed by atoms with Gasteiger partial charge in [-0.05, 0) is 60.7 Å². The maximum Gasteiger partial charge on any atom is 0.272 e. The van der Waals surface area contributed by atoms with Crippen molar-refractivity contribution in [2.24, 2.45) is 0 Å². The first-order valence-electron chi connectivity index (χ1n) is 7.18. The molecule has 1 aromatic carbocycles. The average Bonchev–Trinajstić information content (AvgIpc) is 3.03. The number of aromatic nitrogens is 2. The minimum atomic E-state index is -3.61. The molecule has 6 nitrogen and oxygen atoms in total. The van der Waals surface area contributed by atoms with E-state index in [4.69, 9.17) is 0 Å². The Morgan fingerprint density at radius 3 is 2.21 bits per heavy atom. The van der Waals surface area contributed by atoms with Crippen molar-refractivity contribution in [3.63, 3.8) is 0 Å². The van der Waals surface area contributed by atoms with E-state index in [0.29, 0.717) is 5.82 Å². The molecule has 0 saturated heterocycles. The van der Waals surface area contributed by atoms with Gasteiger partial charge in [-0.2, -0.15) is 0 Å². The molecule has 0 unspecified atom stereocenters. The number of anilines is 3. The second-order valence-electron chi connectivity index (χ2n) is 5.34. The second kappa shape index (κ2) is 6.58. The second-order valence-corrected chi connectivity index (χ2v) is 8.20. The van der Waals surface area contributed by atoms with E-state index in [2.05, 4.69) is 26.3 Å². The number of hydrogen-bond donors (Lipinski definition) is 2. The van der Waals surface area contributed by atoms with Crippen LogP contribution in [-0.4, -0.2) is 18.6 Å². The SMILES string of the molecule is Cc1cc(C)cc(Nc2ccc(NS(=O)(=O)c3cccs3)nn2)c1. The van der Waals surface area contributed by atoms with Crippen molar-refractivity contribution in [2.45, 2.75) is 18.1 Å². The van der Waals surface area contributed by atoms with Gasteiger partial charge in [0.2, 0.25) is 0 Å². The lowest BCUT2D eigenvalue weighted by atomic mass is 10.1. The Labute approximate surface area is 144 Å². The molecular weight excluding hydrogens is 344 g/mol. The Bertz CT molecular complexity index is 916. The Balaban J connectivity index is 1.74. The highest BCUT2D eigenvalue weighted by atomic mass is 32.2. The molecule has 0 fully saturated rings. The lowest BCUT2D eigenvalue weighted by Crippen LogP contribution is -2.13. The molecule has 3 aromatic rings. The molecule has 2 heterocycles. The van der Waals surface area contributed by atoms with Crippen molar-refractivity contribution < 1.29 is 8.42 Å². The predicted molar refractivity (Wildman–Crippen MR) is 96.4 cm³/mol. The van der Waals surface area contributed by atoms with Crippen LogP contribution in [0.3, 0.4) is 0 Å². The van der Waals surface area contributed by atoms with Gasteiger partial charge in [0.15, 0.2) is 11.6 Å². The Morgan fingerprint density at radius 1 is 0.958 bits per heavy atom. The molecule has 0 aliphatic carbocycles. The Morgan fingerprint density at radius 2 is 1.62 bits per heavy atom. The number of sulfonamides is 1. The lowest BCUT2D eigenvalue weighted by Gasteiger charge is -2.08. The molecule has 2 aromatic heterocycles. The van der Waals surface area contributed by atoms with E-state index in [1.807, 2.05) is 26.0 Å². The number of benzene rings is 1. The summed E-state index contributed by atoms with van der Waals surface area (Å²) in [5.41, 5.74) is 3.20. The molecule has 124 valence electrons. The Hall–Kier alpha value is -2.45. The number of hydrogen-bond acceptors (Lipinski definition) is 6. The molecule has 0 amide bonds. The van der Waals surface area contributed by atoms with Crippen molar-refractivity contribution in [2.75, 3.05) is 10.0 Å². The summed E-state index contributed by atoms with van der Waals surface area (Å²) < 4.78 is 26.9. The molecule has 0 aliphatic heterocycles. The summed E-state index contributed by atoms with van der Waals surface area (Å²) in [6.07, 6.45) is 0. The van der Waals surface area contributed by atoms with Gasteiger partial charge in [0.1, 0.15) is 4.21 Å². The zero-order valence-electron chi connectivity index (χ0n) is 13.1. The van der Waals surface area contributed by atoms with E-state index < -0.39 is 10.0 Å². The zero-order chi connectivity index (χ0) is 17.2. The molecule has 8 heteroatoms. The van der Waals surface area contributed by atoms with Gasteiger partial charge in [-0.15, -0.1) is 21.5 Å². The van der Waals surface area contributed by atoms with Gasteiger partial charge in [0.25, 0.3) is 10.0 Å². The van der Waals surface area contributed by atoms with E-state index >= 15 is 0 Å². The van der Waals surface area contributed by atoms with Gasteiger partial charge in [-0.3, -0.25) is 4.72 Å². The average molecular weight is 360 g/mol. The highest BCUT2D eigenvalue weighted by molar-refractivity contribution is 7.94. The fourth-order valence-electron chi connectivity index (χ4n) is 2.25. The summed E-state index contributed by atoms with van der Waals surface area (Å²) in [5, 5.41) is 12.8. The van der Waals surface area contributed by atoms with Gasteiger partial charge in [0, 0.05) is 5.69 Å². The predicted octanol–water partition coefficient (Wildman–Crippen LogP) is 3.70. The maximum atomic E-state index is 12.1. The monoisotopic (exact) mass is 360 g/mol. The number of nitrogens with one attached hydrogen (secondary N) is 2. The number of nitrogens with zero attached hydrogens (tertiary/aromatic N) is 2. The molecule has 0 saturated carbocycles. The highest BCUT2D eigenvalue weighted by Gasteiger charge is 2.15. The fourth-order valence-corrected chi connectivity index (χ4v) is 4.24. The van der Waals surface area contributed by atoms with Crippen LogP contribution in [-0.2, 0) is 10.0 Å². The third-order valence-corrected chi connectivity index (χ3v) is 5.91. The van der Waals surface area contributed by atoms with E-state index in [0.717, 1.165) is 28.2 Å². The van der Waals surface area contributed by atoms with Crippen LogP contribution < -0.4 is 10.0 Å². The number of thiophene rings is 1. The van der Waals surface area contributed by atoms with Gasteiger partial charge in [-0.1, -0.05) is 12.1 Å². The number of aryl methyl sites for hydroxylation is 2. The van der Waals surface area contributed by atoms with Crippen molar-refractivity contribution in [3.8, 4) is 0 Å². The lowest BCUT2D eigenvalue weighted by molar-refractivity contribution is 0.603. The van der Waals surface area contributed by atoms with Crippen molar-refractivity contribution >= 4 is 38.7 Å². The molecular formula is C16H16N4O2S2.